The molecule has 0 unspecified atom stereocenters. The Morgan fingerprint density at radius 1 is 1.30 bits per heavy atom. The maximum atomic E-state index is 11.6. The second kappa shape index (κ2) is 7.34. The Morgan fingerprint density at radius 3 is 2.85 bits per heavy atom. The number of aryl methyl sites for hydroxylation is 2. The molecule has 0 saturated heterocycles. The second-order valence-electron chi connectivity index (χ2n) is 4.30. The summed E-state index contributed by atoms with van der Waals surface area (Å²) >= 11 is 0. The fourth-order valence-corrected chi connectivity index (χ4v) is 1.80. The Kier molecular flexibility index (Phi) is 5.19. The van der Waals surface area contributed by atoms with E-state index in [2.05, 4.69) is 20.8 Å². The Morgan fingerprint density at radius 2 is 2.10 bits per heavy atom. The van der Waals surface area contributed by atoms with Crippen LogP contribution in [0.2, 0.25) is 0 Å². The highest BCUT2D eigenvalue weighted by molar-refractivity contribution is 5.77. The van der Waals surface area contributed by atoms with Crippen LogP contribution >= 0.6 is 0 Å². The lowest BCUT2D eigenvalue weighted by atomic mass is 10.1. The fraction of sp³-hybridized carbons (Fsp3) is 0.385. The highest BCUT2D eigenvalue weighted by Gasteiger charge is 2.10. The molecule has 1 heterocycles. The highest BCUT2D eigenvalue weighted by Crippen LogP contribution is 2.02. The lowest BCUT2D eigenvalue weighted by Crippen LogP contribution is -2.29. The molecule has 0 bridgehead atoms. The molecular formula is C13H17N5O2. The molecule has 106 valence electrons. The van der Waals surface area contributed by atoms with Crippen LogP contribution in [0.3, 0.4) is 0 Å². The molecule has 2 N–H and O–H groups in total. The number of nitrogens with one attached hydrogen (secondary N) is 1. The summed E-state index contributed by atoms with van der Waals surface area (Å²) in [5.41, 5.74) is 1.19. The number of rotatable bonds is 7. The van der Waals surface area contributed by atoms with Crippen molar-refractivity contribution < 1.29 is 9.90 Å². The predicted molar refractivity (Wildman–Crippen MR) is 71.8 cm³/mol. The Bertz CT molecular complexity index is 541. The molecule has 0 saturated carbocycles. The Balaban J connectivity index is 1.90. The van der Waals surface area contributed by atoms with Gasteiger partial charge in [-0.15, -0.1) is 5.10 Å². The normalized spacial score (nSPS) is 10.4. The zero-order valence-electron chi connectivity index (χ0n) is 11.1. The lowest BCUT2D eigenvalue weighted by molar-refractivity contribution is -0.120. The number of hydrogen-bond donors (Lipinski definition) is 2. The number of carbonyl (C=O) groups is 1. The summed E-state index contributed by atoms with van der Waals surface area (Å²) in [7, 11) is 0. The van der Waals surface area contributed by atoms with Gasteiger partial charge in [-0.3, -0.25) is 4.79 Å². The van der Waals surface area contributed by atoms with Crippen molar-refractivity contribution in [3.63, 3.8) is 0 Å². The monoisotopic (exact) mass is 275 g/mol. The van der Waals surface area contributed by atoms with Crippen molar-refractivity contribution >= 4 is 5.91 Å². The average molecular weight is 275 g/mol. The Hall–Kier alpha value is -2.28. The van der Waals surface area contributed by atoms with E-state index in [4.69, 9.17) is 5.11 Å². The molecule has 0 radical (unpaired) electrons. The van der Waals surface area contributed by atoms with Gasteiger partial charge in [0.2, 0.25) is 5.91 Å². The van der Waals surface area contributed by atoms with E-state index in [0.29, 0.717) is 12.4 Å². The fourth-order valence-electron chi connectivity index (χ4n) is 1.80. The van der Waals surface area contributed by atoms with Crippen LogP contribution < -0.4 is 5.32 Å². The van der Waals surface area contributed by atoms with Gasteiger partial charge < -0.3 is 10.4 Å². The van der Waals surface area contributed by atoms with Gasteiger partial charge in [0.1, 0.15) is 0 Å². The molecule has 0 aliphatic rings. The average Bonchev–Trinajstić information content (AvgIpc) is 2.91. The largest absolute Gasteiger partial charge is 0.395 e. The number of amides is 1. The quantitative estimate of drug-likeness (QED) is 0.715. The van der Waals surface area contributed by atoms with Crippen molar-refractivity contribution in [2.75, 3.05) is 13.2 Å². The number of aliphatic hydroxyl groups excluding tert-OH is 1. The first-order chi connectivity index (χ1) is 9.79. The molecule has 0 aliphatic heterocycles. The van der Waals surface area contributed by atoms with Crippen LogP contribution in [-0.4, -0.2) is 44.4 Å². The van der Waals surface area contributed by atoms with Gasteiger partial charge in [0.15, 0.2) is 5.82 Å². The summed E-state index contributed by atoms with van der Waals surface area (Å²) in [5, 5.41) is 22.6. The first-order valence-electron chi connectivity index (χ1n) is 6.46. The number of benzene rings is 1. The van der Waals surface area contributed by atoms with E-state index in [1.54, 1.807) is 4.68 Å². The van der Waals surface area contributed by atoms with Gasteiger partial charge >= 0.3 is 0 Å². The van der Waals surface area contributed by atoms with E-state index in [-0.39, 0.29) is 25.5 Å². The molecule has 1 amide bonds. The summed E-state index contributed by atoms with van der Waals surface area (Å²) in [6.45, 7) is 0.786. The van der Waals surface area contributed by atoms with Crippen molar-refractivity contribution in [3.05, 3.63) is 41.7 Å². The van der Waals surface area contributed by atoms with Crippen LogP contribution in [-0.2, 0) is 24.2 Å². The SMILES string of the molecule is O=C(Cc1nnnn1CCc1ccccc1)NCCO. The number of aromatic nitrogens is 4. The molecule has 7 nitrogen and oxygen atoms in total. The van der Waals surface area contributed by atoms with Crippen LogP contribution in [0.1, 0.15) is 11.4 Å². The van der Waals surface area contributed by atoms with Gasteiger partial charge in [-0.2, -0.15) is 0 Å². The zero-order valence-corrected chi connectivity index (χ0v) is 11.1. The molecule has 0 atom stereocenters. The van der Waals surface area contributed by atoms with Gasteiger partial charge in [-0.05, 0) is 22.4 Å². The van der Waals surface area contributed by atoms with E-state index < -0.39 is 0 Å². The molecule has 1 aromatic carbocycles. The number of hydrogen-bond acceptors (Lipinski definition) is 5. The second-order valence-corrected chi connectivity index (χ2v) is 4.30. The van der Waals surface area contributed by atoms with E-state index in [1.165, 1.54) is 5.56 Å². The summed E-state index contributed by atoms with van der Waals surface area (Å²) in [5.74, 6) is 0.325. The first kappa shape index (κ1) is 14.1. The van der Waals surface area contributed by atoms with Crippen molar-refractivity contribution in [3.8, 4) is 0 Å². The standard InChI is InChI=1S/C13H17N5O2/c19-9-7-14-13(20)10-12-15-16-17-18(12)8-6-11-4-2-1-3-5-11/h1-5,19H,6-10H2,(H,14,20). The summed E-state index contributed by atoms with van der Waals surface area (Å²) in [6, 6.07) is 10.0. The maximum absolute atomic E-state index is 11.6. The van der Waals surface area contributed by atoms with Gasteiger partial charge in [0.05, 0.1) is 13.0 Å². The van der Waals surface area contributed by atoms with Crippen molar-refractivity contribution in [2.45, 2.75) is 19.4 Å². The van der Waals surface area contributed by atoms with E-state index >= 15 is 0 Å². The van der Waals surface area contributed by atoms with Crippen LogP contribution in [0.25, 0.3) is 0 Å². The lowest BCUT2D eigenvalue weighted by Gasteiger charge is -2.05. The molecule has 0 fully saturated rings. The number of aliphatic hydroxyl groups is 1. The van der Waals surface area contributed by atoms with Crippen molar-refractivity contribution in [1.29, 1.82) is 0 Å². The van der Waals surface area contributed by atoms with E-state index in [9.17, 15) is 4.79 Å². The minimum atomic E-state index is -0.199. The van der Waals surface area contributed by atoms with Gasteiger partial charge in [-0.1, -0.05) is 30.3 Å². The Labute approximate surface area is 116 Å². The summed E-state index contributed by atoms with van der Waals surface area (Å²) < 4.78 is 1.63. The molecule has 0 spiro atoms. The van der Waals surface area contributed by atoms with Crippen LogP contribution in [0, 0.1) is 0 Å². The number of nitrogens with zero attached hydrogens (tertiary/aromatic N) is 4. The third kappa shape index (κ3) is 4.13. The van der Waals surface area contributed by atoms with Gasteiger partial charge in [-0.25, -0.2) is 4.68 Å². The minimum Gasteiger partial charge on any atom is -0.395 e. The highest BCUT2D eigenvalue weighted by atomic mass is 16.3. The number of tetrazole rings is 1. The van der Waals surface area contributed by atoms with Gasteiger partial charge in [0.25, 0.3) is 0 Å². The molecule has 0 aliphatic carbocycles. The molecule has 2 aromatic rings. The third-order valence-electron chi connectivity index (χ3n) is 2.81. The predicted octanol–water partition coefficient (Wildman–Crippen LogP) is -0.433. The summed E-state index contributed by atoms with van der Waals surface area (Å²) in [6.07, 6.45) is 0.916. The molecule has 2 rings (SSSR count). The van der Waals surface area contributed by atoms with Crippen molar-refractivity contribution in [2.24, 2.45) is 0 Å². The van der Waals surface area contributed by atoms with E-state index in [0.717, 1.165) is 6.42 Å². The number of carbonyl (C=O) groups excluding carboxylic acids is 1. The maximum Gasteiger partial charge on any atom is 0.227 e. The summed E-state index contributed by atoms with van der Waals surface area (Å²) in [4.78, 5) is 11.6. The first-order valence-corrected chi connectivity index (χ1v) is 6.46. The molecule has 7 heteroatoms. The van der Waals surface area contributed by atoms with Crippen LogP contribution in [0.4, 0.5) is 0 Å². The van der Waals surface area contributed by atoms with Gasteiger partial charge in [0, 0.05) is 13.1 Å². The van der Waals surface area contributed by atoms with Crippen LogP contribution in [0.15, 0.2) is 30.3 Å². The molecule has 20 heavy (non-hydrogen) atoms. The molecule has 1 aromatic heterocycles. The van der Waals surface area contributed by atoms with Crippen molar-refractivity contribution in [1.82, 2.24) is 25.5 Å². The van der Waals surface area contributed by atoms with Crippen LogP contribution in [0.5, 0.6) is 0 Å². The third-order valence-corrected chi connectivity index (χ3v) is 2.81. The smallest absolute Gasteiger partial charge is 0.227 e. The van der Waals surface area contributed by atoms with E-state index in [1.807, 2.05) is 30.3 Å². The minimum absolute atomic E-state index is 0.0787. The molecular weight excluding hydrogens is 258 g/mol. The zero-order chi connectivity index (χ0) is 14.2. The topological polar surface area (TPSA) is 92.9 Å².